The van der Waals surface area contributed by atoms with Crippen molar-refractivity contribution < 1.29 is 0 Å². The lowest BCUT2D eigenvalue weighted by Gasteiger charge is -1.96. The van der Waals surface area contributed by atoms with Gasteiger partial charge in [-0.15, -0.1) is 29.1 Å². The first-order valence-corrected chi connectivity index (χ1v) is 8.77. The highest BCUT2D eigenvalue weighted by Gasteiger charge is 2.11. The Kier molecular flexibility index (Phi) is 3.11. The van der Waals surface area contributed by atoms with E-state index in [0.717, 1.165) is 15.6 Å². The Bertz CT molecular complexity index is 1010. The van der Waals surface area contributed by atoms with Gasteiger partial charge in [-0.3, -0.25) is 0 Å². The Hall–Kier alpha value is -1.60. The number of hydrogen-bond acceptors (Lipinski definition) is 2. The maximum absolute atomic E-state index is 5.52. The van der Waals surface area contributed by atoms with Gasteiger partial charge in [-0.25, -0.2) is 0 Å². The van der Waals surface area contributed by atoms with E-state index in [1.54, 1.807) is 22.7 Å². The zero-order chi connectivity index (χ0) is 14.4. The van der Waals surface area contributed by atoms with E-state index in [1.165, 1.54) is 25.0 Å². The van der Waals surface area contributed by atoms with E-state index in [0.29, 0.717) is 0 Å². The zero-order valence-electron chi connectivity index (χ0n) is 10.8. The van der Waals surface area contributed by atoms with Gasteiger partial charge in [-0.1, -0.05) is 21.9 Å². The van der Waals surface area contributed by atoms with Gasteiger partial charge < -0.3 is 0 Å². The number of terminal acetylenes is 1. The number of halogens is 1. The summed E-state index contributed by atoms with van der Waals surface area (Å²) in [6.45, 7) is 0. The fraction of sp³-hybridized carbons (Fsp3) is 0. The number of thiophene rings is 2. The summed E-state index contributed by atoms with van der Waals surface area (Å²) in [5, 5.41) is 5.88. The molecule has 0 N–H and O–H groups in total. The molecule has 2 aromatic heterocycles. The van der Waals surface area contributed by atoms with E-state index in [9.17, 15) is 0 Å². The molecule has 0 aliphatic rings. The largest absolute Gasteiger partial charge is 0.135 e. The predicted octanol–water partition coefficient (Wildman–Crippen LogP) is 6.33. The molecule has 99 valence electrons. The van der Waals surface area contributed by atoms with Crippen molar-refractivity contribution in [1.82, 2.24) is 0 Å². The van der Waals surface area contributed by atoms with E-state index in [1.807, 2.05) is 6.07 Å². The molecule has 2 aromatic carbocycles. The number of rotatable bonds is 1. The average Bonchev–Trinajstić information content (AvgIpc) is 3.08. The smallest absolute Gasteiger partial charge is 0.0548 e. The van der Waals surface area contributed by atoms with Crippen LogP contribution in [-0.2, 0) is 0 Å². The van der Waals surface area contributed by atoms with Crippen LogP contribution in [0.4, 0.5) is 0 Å². The van der Waals surface area contributed by atoms with Crippen molar-refractivity contribution in [2.75, 3.05) is 0 Å². The molecule has 21 heavy (non-hydrogen) atoms. The minimum atomic E-state index is 0.916. The highest BCUT2D eigenvalue weighted by Crippen LogP contribution is 2.40. The fourth-order valence-electron chi connectivity index (χ4n) is 2.39. The van der Waals surface area contributed by atoms with Crippen LogP contribution in [0.5, 0.6) is 0 Å². The molecule has 0 fully saturated rings. The maximum atomic E-state index is 5.52. The lowest BCUT2D eigenvalue weighted by molar-refractivity contribution is 1.75. The second-order valence-corrected chi connectivity index (χ2v) is 7.57. The van der Waals surface area contributed by atoms with Crippen molar-refractivity contribution in [3.05, 3.63) is 57.9 Å². The van der Waals surface area contributed by atoms with Crippen molar-refractivity contribution >= 4 is 58.8 Å². The second-order valence-electron chi connectivity index (χ2n) is 4.73. The fourth-order valence-corrected chi connectivity index (χ4v) is 4.73. The van der Waals surface area contributed by atoms with Crippen molar-refractivity contribution in [3.63, 3.8) is 0 Å². The lowest BCUT2D eigenvalue weighted by atomic mass is 10.1. The van der Waals surface area contributed by atoms with Gasteiger partial charge in [-0.2, -0.15) is 0 Å². The summed E-state index contributed by atoms with van der Waals surface area (Å²) in [6.07, 6.45) is 5.52. The molecule has 4 rings (SSSR count). The van der Waals surface area contributed by atoms with Crippen LogP contribution in [0.15, 0.2) is 46.9 Å². The number of benzene rings is 2. The van der Waals surface area contributed by atoms with Gasteiger partial charge in [0.15, 0.2) is 0 Å². The molecule has 3 heteroatoms. The van der Waals surface area contributed by atoms with Crippen LogP contribution in [0.25, 0.3) is 30.6 Å². The van der Waals surface area contributed by atoms with Crippen LogP contribution in [0, 0.1) is 17.7 Å². The second kappa shape index (κ2) is 4.99. The molecule has 0 bridgehead atoms. The summed E-state index contributed by atoms with van der Waals surface area (Å²) in [5.74, 6) is 2.71. The Labute approximate surface area is 139 Å². The van der Waals surface area contributed by atoms with Crippen LogP contribution in [0.1, 0.15) is 5.56 Å². The van der Waals surface area contributed by atoms with Gasteiger partial charge in [-0.05, 0) is 47.9 Å². The van der Waals surface area contributed by atoms with Crippen LogP contribution in [0.2, 0.25) is 0 Å². The monoisotopic (exact) mass is 367 g/mol. The van der Waals surface area contributed by atoms with Crippen LogP contribution in [-0.4, -0.2) is 0 Å². The Morgan fingerprint density at radius 3 is 2.76 bits per heavy atom. The molecular weight excluding hydrogens is 360 g/mol. The molecule has 0 saturated heterocycles. The van der Waals surface area contributed by atoms with Gasteiger partial charge >= 0.3 is 0 Å². The van der Waals surface area contributed by atoms with Crippen molar-refractivity contribution in [2.45, 2.75) is 0 Å². The first kappa shape index (κ1) is 13.1. The SMILES string of the molecule is C#Cc1ccc2s[c]c(-c3cc4cc(Br)ccc4s3)c2c1. The summed E-state index contributed by atoms with van der Waals surface area (Å²) >= 11 is 6.97. The Morgan fingerprint density at radius 1 is 1.05 bits per heavy atom. The number of fused-ring (bicyclic) bond motifs is 2. The summed E-state index contributed by atoms with van der Waals surface area (Å²) in [5.41, 5.74) is 2.07. The van der Waals surface area contributed by atoms with Gasteiger partial charge in [0.25, 0.3) is 0 Å². The third-order valence-electron chi connectivity index (χ3n) is 3.40. The predicted molar refractivity (Wildman–Crippen MR) is 97.1 cm³/mol. The van der Waals surface area contributed by atoms with Crippen molar-refractivity contribution in [2.24, 2.45) is 0 Å². The highest BCUT2D eigenvalue weighted by molar-refractivity contribution is 9.10. The van der Waals surface area contributed by atoms with E-state index < -0.39 is 0 Å². The molecule has 0 spiro atoms. The molecule has 0 aliphatic heterocycles. The molecule has 0 aliphatic carbocycles. The Morgan fingerprint density at radius 2 is 1.90 bits per heavy atom. The highest BCUT2D eigenvalue weighted by atomic mass is 79.9. The van der Waals surface area contributed by atoms with E-state index in [2.05, 4.69) is 63.6 Å². The standard InChI is InChI=1S/C18H8BrS2/c1-2-11-3-5-17-14(7-11)15(10-20-17)18-9-12-8-13(19)4-6-16(12)21-18/h1,3-9H. The molecule has 1 radical (unpaired) electrons. The van der Waals surface area contributed by atoms with Crippen LogP contribution >= 0.6 is 38.6 Å². The van der Waals surface area contributed by atoms with E-state index >= 15 is 0 Å². The van der Waals surface area contributed by atoms with Crippen molar-refractivity contribution in [1.29, 1.82) is 0 Å². The Balaban J connectivity index is 1.97. The van der Waals surface area contributed by atoms with Crippen LogP contribution < -0.4 is 0 Å². The van der Waals surface area contributed by atoms with Gasteiger partial charge in [0.05, 0.1) is 5.38 Å². The molecular formula is C18H8BrS2. The van der Waals surface area contributed by atoms with Gasteiger partial charge in [0.2, 0.25) is 0 Å². The summed E-state index contributed by atoms with van der Waals surface area (Å²) in [7, 11) is 0. The zero-order valence-corrected chi connectivity index (χ0v) is 14.0. The molecule has 0 nitrogen and oxygen atoms in total. The molecule has 0 unspecified atom stereocenters. The molecule has 2 heterocycles. The van der Waals surface area contributed by atoms with Gasteiger partial charge in [0.1, 0.15) is 0 Å². The lowest BCUT2D eigenvalue weighted by Crippen LogP contribution is -1.74. The molecule has 0 atom stereocenters. The third-order valence-corrected chi connectivity index (χ3v) is 5.91. The van der Waals surface area contributed by atoms with Crippen molar-refractivity contribution in [3.8, 4) is 22.8 Å². The third kappa shape index (κ3) is 2.20. The molecule has 0 amide bonds. The maximum Gasteiger partial charge on any atom is 0.0548 e. The van der Waals surface area contributed by atoms with E-state index in [4.69, 9.17) is 6.42 Å². The van der Waals surface area contributed by atoms with Crippen LogP contribution in [0.3, 0.4) is 0 Å². The topological polar surface area (TPSA) is 0 Å². The molecule has 4 aromatic rings. The van der Waals surface area contributed by atoms with E-state index in [-0.39, 0.29) is 0 Å². The average molecular weight is 368 g/mol. The first-order chi connectivity index (χ1) is 10.2. The van der Waals surface area contributed by atoms with Gasteiger partial charge in [0, 0.05) is 35.3 Å². The summed E-state index contributed by atoms with van der Waals surface area (Å²) < 4.78 is 3.62. The minimum absolute atomic E-state index is 0.916. The first-order valence-electron chi connectivity index (χ1n) is 6.35. The molecule has 0 saturated carbocycles. The normalized spacial score (nSPS) is 11.0. The summed E-state index contributed by atoms with van der Waals surface area (Å²) in [4.78, 5) is 1.24. The minimum Gasteiger partial charge on any atom is -0.135 e. The summed E-state index contributed by atoms with van der Waals surface area (Å²) in [6, 6.07) is 14.8. The number of hydrogen-bond donors (Lipinski definition) is 0. The quantitative estimate of drug-likeness (QED) is 0.345.